The van der Waals surface area contributed by atoms with Crippen molar-refractivity contribution in [3.05, 3.63) is 0 Å². The van der Waals surface area contributed by atoms with Crippen LogP contribution in [0.3, 0.4) is 0 Å². The summed E-state index contributed by atoms with van der Waals surface area (Å²) in [6.07, 6.45) is 6.78. The van der Waals surface area contributed by atoms with E-state index < -0.39 is 0 Å². The Balaban J connectivity index is 3.64. The van der Waals surface area contributed by atoms with Crippen molar-refractivity contribution >= 4 is 11.8 Å². The Kier molecular flexibility index (Phi) is 10.0. The first-order valence-corrected chi connectivity index (χ1v) is 6.99. The van der Waals surface area contributed by atoms with Gasteiger partial charge in [0.1, 0.15) is 0 Å². The quantitative estimate of drug-likeness (QED) is 0.624. The fourth-order valence-corrected chi connectivity index (χ4v) is 2.23. The molecule has 0 spiro atoms. The van der Waals surface area contributed by atoms with Gasteiger partial charge >= 0.3 is 0 Å². The fourth-order valence-electron chi connectivity index (χ4n) is 1.57. The minimum atomic E-state index is 0.290. The van der Waals surface area contributed by atoms with Gasteiger partial charge < -0.3 is 10.4 Å². The fraction of sp³-hybridized carbons (Fsp3) is 1.00. The van der Waals surface area contributed by atoms with Gasteiger partial charge in [0.2, 0.25) is 0 Å². The molecule has 0 rings (SSSR count). The molecule has 86 valence electrons. The van der Waals surface area contributed by atoms with Crippen LogP contribution >= 0.6 is 11.8 Å². The Bertz CT molecular complexity index is 116. The van der Waals surface area contributed by atoms with Gasteiger partial charge in [0.05, 0.1) is 0 Å². The Hall–Kier alpha value is 0.270. The van der Waals surface area contributed by atoms with E-state index in [0.717, 1.165) is 12.2 Å². The molecular formula is C11H25NOS. The summed E-state index contributed by atoms with van der Waals surface area (Å²) >= 11 is 1.84. The predicted octanol–water partition coefficient (Wildman–Crippen LogP) is 2.27. The molecular weight excluding hydrogens is 194 g/mol. The summed E-state index contributed by atoms with van der Waals surface area (Å²) in [5, 5.41) is 12.5. The molecule has 0 saturated heterocycles. The van der Waals surface area contributed by atoms with Crippen molar-refractivity contribution < 1.29 is 5.11 Å². The van der Waals surface area contributed by atoms with Gasteiger partial charge in [-0.2, -0.15) is 11.8 Å². The highest BCUT2D eigenvalue weighted by Gasteiger charge is 2.10. The van der Waals surface area contributed by atoms with Crippen LogP contribution in [0.1, 0.15) is 39.5 Å². The maximum absolute atomic E-state index is 8.90. The van der Waals surface area contributed by atoms with E-state index >= 15 is 0 Å². The average Bonchev–Trinajstić information content (AvgIpc) is 2.15. The van der Waals surface area contributed by atoms with Crippen LogP contribution in [-0.4, -0.2) is 35.8 Å². The smallest absolute Gasteiger partial charge is 0.0446 e. The van der Waals surface area contributed by atoms with Crippen molar-refractivity contribution in [3.8, 4) is 0 Å². The summed E-state index contributed by atoms with van der Waals surface area (Å²) in [7, 11) is 0. The molecule has 2 unspecified atom stereocenters. The van der Waals surface area contributed by atoms with Gasteiger partial charge in [-0.1, -0.05) is 19.8 Å². The molecule has 3 heteroatoms. The van der Waals surface area contributed by atoms with Crippen LogP contribution in [0.4, 0.5) is 0 Å². The van der Waals surface area contributed by atoms with E-state index in [1.165, 1.54) is 19.3 Å². The second-order valence-electron chi connectivity index (χ2n) is 3.87. The lowest BCUT2D eigenvalue weighted by molar-refractivity contribution is 0.264. The number of nitrogens with one attached hydrogen (secondary N) is 1. The van der Waals surface area contributed by atoms with E-state index in [1.54, 1.807) is 0 Å². The SMILES string of the molecule is CCCCC(C)NC(CCO)CSC. The van der Waals surface area contributed by atoms with Crippen LogP contribution in [0.15, 0.2) is 0 Å². The van der Waals surface area contributed by atoms with Gasteiger partial charge in [0.25, 0.3) is 0 Å². The first kappa shape index (κ1) is 14.3. The Morgan fingerprint density at radius 1 is 1.36 bits per heavy atom. The lowest BCUT2D eigenvalue weighted by Gasteiger charge is -2.22. The molecule has 0 aliphatic heterocycles. The molecule has 0 aliphatic carbocycles. The zero-order valence-electron chi connectivity index (χ0n) is 9.75. The molecule has 0 bridgehead atoms. The summed E-state index contributed by atoms with van der Waals surface area (Å²) in [6.45, 7) is 4.75. The molecule has 0 radical (unpaired) electrons. The van der Waals surface area contributed by atoms with Crippen molar-refractivity contribution in [2.45, 2.75) is 51.6 Å². The van der Waals surface area contributed by atoms with E-state index in [4.69, 9.17) is 5.11 Å². The Morgan fingerprint density at radius 3 is 2.57 bits per heavy atom. The van der Waals surface area contributed by atoms with E-state index in [9.17, 15) is 0 Å². The number of aliphatic hydroxyl groups excluding tert-OH is 1. The number of thioether (sulfide) groups is 1. The van der Waals surface area contributed by atoms with Crippen molar-refractivity contribution in [2.75, 3.05) is 18.6 Å². The number of hydrogen-bond acceptors (Lipinski definition) is 3. The minimum Gasteiger partial charge on any atom is -0.396 e. The number of aliphatic hydroxyl groups is 1. The van der Waals surface area contributed by atoms with Crippen LogP contribution in [-0.2, 0) is 0 Å². The molecule has 2 N–H and O–H groups in total. The standard InChI is InChI=1S/C11H25NOS/c1-4-5-6-10(2)12-11(7-8-13)9-14-3/h10-13H,4-9H2,1-3H3. The van der Waals surface area contributed by atoms with Crippen LogP contribution < -0.4 is 5.32 Å². The monoisotopic (exact) mass is 219 g/mol. The predicted molar refractivity (Wildman–Crippen MR) is 66.0 cm³/mol. The third kappa shape index (κ3) is 7.65. The summed E-state index contributed by atoms with van der Waals surface area (Å²) in [4.78, 5) is 0. The van der Waals surface area contributed by atoms with Crippen LogP contribution in [0.2, 0.25) is 0 Å². The van der Waals surface area contributed by atoms with Crippen molar-refractivity contribution in [3.63, 3.8) is 0 Å². The maximum Gasteiger partial charge on any atom is 0.0446 e. The third-order valence-corrected chi connectivity index (χ3v) is 3.09. The highest BCUT2D eigenvalue weighted by Crippen LogP contribution is 2.06. The molecule has 0 aromatic rings. The first-order valence-electron chi connectivity index (χ1n) is 5.60. The highest BCUT2D eigenvalue weighted by atomic mass is 32.2. The summed E-state index contributed by atoms with van der Waals surface area (Å²) in [5.41, 5.74) is 0. The topological polar surface area (TPSA) is 32.3 Å². The molecule has 0 amide bonds. The molecule has 14 heavy (non-hydrogen) atoms. The summed E-state index contributed by atoms with van der Waals surface area (Å²) in [5.74, 6) is 1.09. The second kappa shape index (κ2) is 9.81. The van der Waals surface area contributed by atoms with Gasteiger partial charge in [-0.15, -0.1) is 0 Å². The van der Waals surface area contributed by atoms with E-state index in [2.05, 4.69) is 25.4 Å². The lowest BCUT2D eigenvalue weighted by Crippen LogP contribution is -2.38. The molecule has 0 heterocycles. The van der Waals surface area contributed by atoms with Crippen molar-refractivity contribution in [1.29, 1.82) is 0 Å². The van der Waals surface area contributed by atoms with Crippen LogP contribution in [0.25, 0.3) is 0 Å². The van der Waals surface area contributed by atoms with Crippen LogP contribution in [0.5, 0.6) is 0 Å². The lowest BCUT2D eigenvalue weighted by atomic mass is 10.1. The molecule has 0 aromatic carbocycles. The number of rotatable bonds is 9. The van der Waals surface area contributed by atoms with Gasteiger partial charge in [-0.25, -0.2) is 0 Å². The van der Waals surface area contributed by atoms with Gasteiger partial charge in [0, 0.05) is 24.4 Å². The van der Waals surface area contributed by atoms with Crippen molar-refractivity contribution in [2.24, 2.45) is 0 Å². The van der Waals surface area contributed by atoms with E-state index in [-0.39, 0.29) is 0 Å². The van der Waals surface area contributed by atoms with Crippen molar-refractivity contribution in [1.82, 2.24) is 5.32 Å². The molecule has 0 saturated carbocycles. The zero-order valence-corrected chi connectivity index (χ0v) is 10.6. The van der Waals surface area contributed by atoms with Gasteiger partial charge in [-0.3, -0.25) is 0 Å². The highest BCUT2D eigenvalue weighted by molar-refractivity contribution is 7.98. The number of hydrogen-bond donors (Lipinski definition) is 2. The molecule has 2 atom stereocenters. The largest absolute Gasteiger partial charge is 0.396 e. The summed E-state index contributed by atoms with van der Waals surface area (Å²) in [6, 6.07) is 1.06. The van der Waals surface area contributed by atoms with Crippen LogP contribution in [0, 0.1) is 0 Å². The zero-order chi connectivity index (χ0) is 10.8. The third-order valence-electron chi connectivity index (χ3n) is 2.36. The molecule has 2 nitrogen and oxygen atoms in total. The molecule has 0 aliphatic rings. The maximum atomic E-state index is 8.90. The minimum absolute atomic E-state index is 0.290. The summed E-state index contributed by atoms with van der Waals surface area (Å²) < 4.78 is 0. The first-order chi connectivity index (χ1) is 6.74. The van der Waals surface area contributed by atoms with E-state index in [0.29, 0.717) is 18.7 Å². The second-order valence-corrected chi connectivity index (χ2v) is 4.79. The Labute approximate surface area is 92.9 Å². The van der Waals surface area contributed by atoms with E-state index in [1.807, 2.05) is 11.8 Å². The number of unbranched alkanes of at least 4 members (excludes halogenated alkanes) is 1. The normalized spacial score (nSPS) is 15.4. The van der Waals surface area contributed by atoms with Gasteiger partial charge in [-0.05, 0) is 26.0 Å². The molecule has 0 aromatic heterocycles. The average molecular weight is 219 g/mol. The van der Waals surface area contributed by atoms with Gasteiger partial charge in [0.15, 0.2) is 0 Å². The Morgan fingerprint density at radius 2 is 2.07 bits per heavy atom. The molecule has 0 fully saturated rings.